The molecule has 1 aromatic heterocycles. The van der Waals surface area contributed by atoms with Crippen molar-refractivity contribution in [2.24, 2.45) is 5.73 Å². The van der Waals surface area contributed by atoms with Gasteiger partial charge in [0.1, 0.15) is 10.8 Å². The lowest BCUT2D eigenvalue weighted by molar-refractivity contribution is -0.119. The topological polar surface area (TPSA) is 107 Å². The molecule has 0 unspecified atom stereocenters. The Balaban J connectivity index is 1.63. The average Bonchev–Trinajstić information content (AvgIpc) is 3.09. The number of carbonyl (C=O) groups is 2. The first-order valence-electron chi connectivity index (χ1n) is 8.28. The summed E-state index contributed by atoms with van der Waals surface area (Å²) < 4.78 is 5.21. The number of nitrogens with two attached hydrogens (primary N) is 1. The standard InChI is InChI=1S/C17H20N4O3S/c18-14(22)10-24-13-8-4-7-12(9-13)15(23)19-17-21-20-16(25-17)11-5-2-1-3-6-11/h4,7-9,11H,1-3,5-6,10H2,(H2,18,22)(H,19,21,23). The quantitative estimate of drug-likeness (QED) is 0.823. The lowest BCUT2D eigenvalue weighted by Crippen LogP contribution is -2.20. The van der Waals surface area contributed by atoms with E-state index >= 15 is 0 Å². The Bertz CT molecular complexity index is 756. The molecule has 0 spiro atoms. The maximum atomic E-state index is 12.4. The van der Waals surface area contributed by atoms with Gasteiger partial charge in [0, 0.05) is 11.5 Å². The molecule has 0 saturated heterocycles. The average molecular weight is 360 g/mol. The van der Waals surface area contributed by atoms with Crippen LogP contribution in [0.3, 0.4) is 0 Å². The summed E-state index contributed by atoms with van der Waals surface area (Å²) in [6, 6.07) is 6.56. The predicted octanol–water partition coefficient (Wildman–Crippen LogP) is 2.70. The van der Waals surface area contributed by atoms with Crippen molar-refractivity contribution in [3.8, 4) is 5.75 Å². The van der Waals surface area contributed by atoms with E-state index in [2.05, 4.69) is 15.5 Å². The van der Waals surface area contributed by atoms with Crippen molar-refractivity contribution in [1.82, 2.24) is 10.2 Å². The third-order valence-corrected chi connectivity index (χ3v) is 5.09. The summed E-state index contributed by atoms with van der Waals surface area (Å²) in [4.78, 5) is 23.1. The van der Waals surface area contributed by atoms with E-state index in [0.717, 1.165) is 17.8 Å². The Morgan fingerprint density at radius 2 is 2.04 bits per heavy atom. The van der Waals surface area contributed by atoms with Crippen LogP contribution >= 0.6 is 11.3 Å². The van der Waals surface area contributed by atoms with Crippen LogP contribution in [0, 0.1) is 0 Å². The second-order valence-electron chi connectivity index (χ2n) is 6.02. The van der Waals surface area contributed by atoms with Gasteiger partial charge in [-0.15, -0.1) is 10.2 Å². The minimum Gasteiger partial charge on any atom is -0.484 e. The fourth-order valence-electron chi connectivity index (χ4n) is 2.85. The van der Waals surface area contributed by atoms with Crippen molar-refractivity contribution in [3.05, 3.63) is 34.8 Å². The summed E-state index contributed by atoms with van der Waals surface area (Å²) in [5.74, 6) is 0.00358. The maximum absolute atomic E-state index is 12.4. The Morgan fingerprint density at radius 3 is 2.80 bits per heavy atom. The highest BCUT2D eigenvalue weighted by Gasteiger charge is 2.20. The number of carbonyl (C=O) groups excluding carboxylic acids is 2. The monoisotopic (exact) mass is 360 g/mol. The molecule has 2 aromatic rings. The number of hydrogen-bond acceptors (Lipinski definition) is 6. The Labute approximate surface area is 149 Å². The molecule has 3 rings (SSSR count). The van der Waals surface area contributed by atoms with Crippen molar-refractivity contribution in [2.45, 2.75) is 38.0 Å². The van der Waals surface area contributed by atoms with Crippen LogP contribution < -0.4 is 15.8 Å². The molecule has 0 radical (unpaired) electrons. The van der Waals surface area contributed by atoms with Gasteiger partial charge in [-0.3, -0.25) is 14.9 Å². The van der Waals surface area contributed by atoms with Gasteiger partial charge >= 0.3 is 0 Å². The molecule has 0 aliphatic heterocycles. The number of benzene rings is 1. The van der Waals surface area contributed by atoms with E-state index in [1.807, 2.05) is 0 Å². The lowest BCUT2D eigenvalue weighted by atomic mass is 9.90. The molecule has 2 amide bonds. The normalized spacial score (nSPS) is 14.9. The van der Waals surface area contributed by atoms with Crippen LogP contribution in [0.15, 0.2) is 24.3 Å². The molecule has 1 saturated carbocycles. The van der Waals surface area contributed by atoms with Gasteiger partial charge < -0.3 is 10.5 Å². The van der Waals surface area contributed by atoms with Crippen LogP contribution in [0.25, 0.3) is 0 Å². The molecule has 25 heavy (non-hydrogen) atoms. The highest BCUT2D eigenvalue weighted by Crippen LogP contribution is 2.35. The first-order chi connectivity index (χ1) is 12.1. The maximum Gasteiger partial charge on any atom is 0.257 e. The Kier molecular flexibility index (Phi) is 5.60. The SMILES string of the molecule is NC(=O)COc1cccc(C(=O)Nc2nnc(C3CCCCC3)s2)c1. The third kappa shape index (κ3) is 4.76. The summed E-state index contributed by atoms with van der Waals surface area (Å²) >= 11 is 1.43. The highest BCUT2D eigenvalue weighted by atomic mass is 32.1. The first-order valence-corrected chi connectivity index (χ1v) is 9.09. The van der Waals surface area contributed by atoms with Gasteiger partial charge in [0.15, 0.2) is 6.61 Å². The zero-order chi connectivity index (χ0) is 17.6. The Hall–Kier alpha value is -2.48. The number of nitrogens with one attached hydrogen (secondary N) is 1. The van der Waals surface area contributed by atoms with Crippen LogP contribution in [0.2, 0.25) is 0 Å². The number of amides is 2. The van der Waals surface area contributed by atoms with E-state index in [0.29, 0.717) is 22.4 Å². The minimum absolute atomic E-state index is 0.230. The largest absolute Gasteiger partial charge is 0.484 e. The zero-order valence-electron chi connectivity index (χ0n) is 13.7. The van der Waals surface area contributed by atoms with Gasteiger partial charge in [-0.25, -0.2) is 0 Å². The van der Waals surface area contributed by atoms with E-state index < -0.39 is 5.91 Å². The molecule has 8 heteroatoms. The summed E-state index contributed by atoms with van der Waals surface area (Å²) in [5, 5.41) is 12.6. The molecular formula is C17H20N4O3S. The second-order valence-corrected chi connectivity index (χ2v) is 7.03. The van der Waals surface area contributed by atoms with Gasteiger partial charge in [0.05, 0.1) is 0 Å². The number of rotatable bonds is 6. The molecule has 132 valence electrons. The summed E-state index contributed by atoms with van der Waals surface area (Å²) in [7, 11) is 0. The van der Waals surface area contributed by atoms with Crippen molar-refractivity contribution >= 4 is 28.3 Å². The van der Waals surface area contributed by atoms with Crippen molar-refractivity contribution < 1.29 is 14.3 Å². The van der Waals surface area contributed by atoms with Gasteiger partial charge in [0.25, 0.3) is 11.8 Å². The second kappa shape index (κ2) is 8.06. The van der Waals surface area contributed by atoms with E-state index in [1.165, 1.54) is 30.6 Å². The van der Waals surface area contributed by atoms with E-state index in [-0.39, 0.29) is 12.5 Å². The van der Waals surface area contributed by atoms with Gasteiger partial charge in [-0.1, -0.05) is 36.7 Å². The van der Waals surface area contributed by atoms with Crippen LogP contribution in [0.5, 0.6) is 5.75 Å². The molecule has 0 atom stereocenters. The zero-order valence-corrected chi connectivity index (χ0v) is 14.6. The van der Waals surface area contributed by atoms with Gasteiger partial charge in [-0.2, -0.15) is 0 Å². The van der Waals surface area contributed by atoms with Gasteiger partial charge in [0.2, 0.25) is 5.13 Å². The van der Waals surface area contributed by atoms with Crippen LogP contribution in [0.1, 0.15) is 53.4 Å². The number of aromatic nitrogens is 2. The third-order valence-electron chi connectivity index (χ3n) is 4.09. The summed E-state index contributed by atoms with van der Waals surface area (Å²) in [5.41, 5.74) is 5.46. The van der Waals surface area contributed by atoms with E-state index in [9.17, 15) is 9.59 Å². The lowest BCUT2D eigenvalue weighted by Gasteiger charge is -2.18. The smallest absolute Gasteiger partial charge is 0.257 e. The van der Waals surface area contributed by atoms with Crippen molar-refractivity contribution in [2.75, 3.05) is 11.9 Å². The molecule has 7 nitrogen and oxygen atoms in total. The molecular weight excluding hydrogens is 340 g/mol. The van der Waals surface area contributed by atoms with Crippen LogP contribution in [-0.4, -0.2) is 28.6 Å². The Morgan fingerprint density at radius 1 is 1.24 bits per heavy atom. The molecule has 1 aliphatic rings. The number of anilines is 1. The number of hydrogen-bond donors (Lipinski definition) is 2. The number of primary amides is 1. The summed E-state index contributed by atoms with van der Waals surface area (Å²) in [6.45, 7) is -0.230. The molecule has 1 fully saturated rings. The number of ether oxygens (including phenoxy) is 1. The highest BCUT2D eigenvalue weighted by molar-refractivity contribution is 7.15. The van der Waals surface area contributed by atoms with Gasteiger partial charge in [-0.05, 0) is 31.0 Å². The summed E-state index contributed by atoms with van der Waals surface area (Å²) in [6.07, 6.45) is 6.02. The first kappa shape index (κ1) is 17.3. The van der Waals surface area contributed by atoms with Crippen LogP contribution in [-0.2, 0) is 4.79 Å². The molecule has 3 N–H and O–H groups in total. The van der Waals surface area contributed by atoms with Crippen molar-refractivity contribution in [3.63, 3.8) is 0 Å². The molecule has 0 bridgehead atoms. The van der Waals surface area contributed by atoms with E-state index in [4.69, 9.17) is 10.5 Å². The fourth-order valence-corrected chi connectivity index (χ4v) is 3.76. The molecule has 1 aliphatic carbocycles. The molecule has 1 aromatic carbocycles. The number of nitrogens with zero attached hydrogens (tertiary/aromatic N) is 2. The van der Waals surface area contributed by atoms with E-state index in [1.54, 1.807) is 24.3 Å². The predicted molar refractivity (Wildman–Crippen MR) is 94.8 cm³/mol. The molecule has 1 heterocycles. The fraction of sp³-hybridized carbons (Fsp3) is 0.412. The van der Waals surface area contributed by atoms with Crippen LogP contribution in [0.4, 0.5) is 5.13 Å². The minimum atomic E-state index is -0.570. The van der Waals surface area contributed by atoms with Crippen molar-refractivity contribution in [1.29, 1.82) is 0 Å².